The molecule has 0 aliphatic carbocycles. The van der Waals surface area contributed by atoms with E-state index in [0.29, 0.717) is 5.13 Å². The standard InChI is InChI=1S/C18H18N4OS/c1-12(23)20-18-21-16(13-4-6-15(7-5-13)22(2)3)17(24-18)14-8-10-19-11-9-14/h4-11H,1-3H3,(H,20,21,23). The SMILES string of the molecule is CC(=O)Nc1nc(-c2ccc(N(C)C)cc2)c(-c2ccncc2)s1. The van der Waals surface area contributed by atoms with Gasteiger partial charge in [-0.2, -0.15) is 0 Å². The summed E-state index contributed by atoms with van der Waals surface area (Å²) in [5.41, 5.74) is 4.04. The Labute approximate surface area is 145 Å². The molecule has 0 atom stereocenters. The lowest BCUT2D eigenvalue weighted by Crippen LogP contribution is -2.08. The molecule has 0 radical (unpaired) electrons. The number of pyridine rings is 1. The van der Waals surface area contributed by atoms with Crippen LogP contribution < -0.4 is 10.2 Å². The molecule has 6 heteroatoms. The van der Waals surface area contributed by atoms with Crippen LogP contribution in [0.15, 0.2) is 48.8 Å². The average Bonchev–Trinajstić information content (AvgIpc) is 2.99. The van der Waals surface area contributed by atoms with Crippen LogP contribution in [0.4, 0.5) is 10.8 Å². The Hall–Kier alpha value is -2.73. The van der Waals surface area contributed by atoms with Crippen molar-refractivity contribution in [3.8, 4) is 21.7 Å². The van der Waals surface area contributed by atoms with Gasteiger partial charge in [-0.3, -0.25) is 9.78 Å². The molecule has 3 rings (SSSR count). The highest BCUT2D eigenvalue weighted by Gasteiger charge is 2.15. The highest BCUT2D eigenvalue weighted by molar-refractivity contribution is 7.19. The fraction of sp³-hybridized carbons (Fsp3) is 0.167. The number of rotatable bonds is 4. The molecule has 0 saturated heterocycles. The average molecular weight is 338 g/mol. The first-order valence-electron chi connectivity index (χ1n) is 7.51. The van der Waals surface area contributed by atoms with E-state index >= 15 is 0 Å². The van der Waals surface area contributed by atoms with Gasteiger partial charge < -0.3 is 10.2 Å². The second-order valence-electron chi connectivity index (χ2n) is 5.56. The maximum absolute atomic E-state index is 11.4. The fourth-order valence-corrected chi connectivity index (χ4v) is 3.38. The number of carbonyl (C=O) groups excluding carboxylic acids is 1. The van der Waals surface area contributed by atoms with Crippen LogP contribution in [0.5, 0.6) is 0 Å². The van der Waals surface area contributed by atoms with E-state index in [9.17, 15) is 4.79 Å². The lowest BCUT2D eigenvalue weighted by molar-refractivity contribution is -0.114. The molecular weight excluding hydrogens is 320 g/mol. The third kappa shape index (κ3) is 3.44. The van der Waals surface area contributed by atoms with E-state index in [4.69, 9.17) is 0 Å². The zero-order valence-electron chi connectivity index (χ0n) is 13.8. The van der Waals surface area contributed by atoms with Crippen LogP contribution in [0, 0.1) is 0 Å². The summed E-state index contributed by atoms with van der Waals surface area (Å²) in [6.45, 7) is 1.49. The minimum absolute atomic E-state index is 0.125. The van der Waals surface area contributed by atoms with E-state index in [1.807, 2.05) is 38.4 Å². The van der Waals surface area contributed by atoms with Crippen molar-refractivity contribution in [2.24, 2.45) is 0 Å². The number of nitrogens with zero attached hydrogens (tertiary/aromatic N) is 3. The Morgan fingerprint density at radius 3 is 2.29 bits per heavy atom. The number of carbonyl (C=O) groups is 1. The maximum atomic E-state index is 11.4. The van der Waals surface area contributed by atoms with Gasteiger partial charge in [0.15, 0.2) is 5.13 Å². The zero-order valence-corrected chi connectivity index (χ0v) is 14.6. The minimum atomic E-state index is -0.125. The minimum Gasteiger partial charge on any atom is -0.378 e. The molecule has 0 aliphatic heterocycles. The molecule has 24 heavy (non-hydrogen) atoms. The van der Waals surface area contributed by atoms with Crippen LogP contribution in [0.2, 0.25) is 0 Å². The first-order valence-corrected chi connectivity index (χ1v) is 8.33. The summed E-state index contributed by atoms with van der Waals surface area (Å²) in [5.74, 6) is -0.125. The van der Waals surface area contributed by atoms with Gasteiger partial charge in [-0.1, -0.05) is 23.5 Å². The van der Waals surface area contributed by atoms with E-state index in [-0.39, 0.29) is 5.91 Å². The van der Waals surface area contributed by atoms with Gasteiger partial charge in [0.25, 0.3) is 0 Å². The van der Waals surface area contributed by atoms with Crippen LogP contribution in [-0.2, 0) is 4.79 Å². The van der Waals surface area contributed by atoms with E-state index in [1.165, 1.54) is 18.3 Å². The fourth-order valence-electron chi connectivity index (χ4n) is 2.34. The molecule has 3 aromatic rings. The number of hydrogen-bond acceptors (Lipinski definition) is 5. The van der Waals surface area contributed by atoms with Gasteiger partial charge in [0, 0.05) is 44.7 Å². The molecule has 0 aliphatic rings. The van der Waals surface area contributed by atoms with Crippen molar-refractivity contribution in [2.75, 3.05) is 24.3 Å². The van der Waals surface area contributed by atoms with Crippen LogP contribution in [0.3, 0.4) is 0 Å². The van der Waals surface area contributed by atoms with E-state index in [1.54, 1.807) is 12.4 Å². The van der Waals surface area contributed by atoms with Gasteiger partial charge in [-0.25, -0.2) is 4.98 Å². The number of aromatic nitrogens is 2. The van der Waals surface area contributed by atoms with Crippen LogP contribution in [0.1, 0.15) is 6.92 Å². The molecule has 122 valence electrons. The maximum Gasteiger partial charge on any atom is 0.223 e. The Morgan fingerprint density at radius 1 is 1.04 bits per heavy atom. The van der Waals surface area contributed by atoms with Gasteiger partial charge in [0.2, 0.25) is 5.91 Å². The molecule has 0 saturated carbocycles. The van der Waals surface area contributed by atoms with Crippen LogP contribution >= 0.6 is 11.3 Å². The Kier molecular flexibility index (Phi) is 4.57. The molecule has 0 fully saturated rings. The predicted molar refractivity (Wildman–Crippen MR) is 99.4 cm³/mol. The number of nitrogens with one attached hydrogen (secondary N) is 1. The van der Waals surface area contributed by atoms with E-state index < -0.39 is 0 Å². The van der Waals surface area contributed by atoms with E-state index in [0.717, 1.165) is 27.4 Å². The molecule has 2 aromatic heterocycles. The summed E-state index contributed by atoms with van der Waals surface area (Å²) in [6.07, 6.45) is 3.51. The predicted octanol–water partition coefficient (Wildman–Crippen LogP) is 3.90. The van der Waals surface area contributed by atoms with Crippen molar-refractivity contribution in [1.29, 1.82) is 0 Å². The Balaban J connectivity index is 2.08. The summed E-state index contributed by atoms with van der Waals surface area (Å²) < 4.78 is 0. The van der Waals surface area contributed by atoms with Crippen molar-refractivity contribution in [3.63, 3.8) is 0 Å². The van der Waals surface area contributed by atoms with Crippen LogP contribution in [-0.4, -0.2) is 30.0 Å². The molecule has 2 heterocycles. The number of anilines is 2. The first-order chi connectivity index (χ1) is 11.5. The molecule has 1 amide bonds. The lowest BCUT2D eigenvalue weighted by Gasteiger charge is -2.12. The summed E-state index contributed by atoms with van der Waals surface area (Å²) in [7, 11) is 4.02. The molecule has 1 aromatic carbocycles. The second-order valence-corrected chi connectivity index (χ2v) is 6.55. The number of benzene rings is 1. The molecule has 0 unspecified atom stereocenters. The third-order valence-electron chi connectivity index (χ3n) is 3.51. The topological polar surface area (TPSA) is 58.1 Å². The monoisotopic (exact) mass is 338 g/mol. The van der Waals surface area contributed by atoms with Gasteiger partial charge in [0.05, 0.1) is 10.6 Å². The molecule has 1 N–H and O–H groups in total. The van der Waals surface area contributed by atoms with Gasteiger partial charge >= 0.3 is 0 Å². The van der Waals surface area contributed by atoms with Gasteiger partial charge in [-0.15, -0.1) is 0 Å². The number of hydrogen-bond donors (Lipinski definition) is 1. The molecule has 0 bridgehead atoms. The quantitative estimate of drug-likeness (QED) is 0.784. The smallest absolute Gasteiger partial charge is 0.223 e. The first kappa shape index (κ1) is 16.1. The van der Waals surface area contributed by atoms with Crippen LogP contribution in [0.25, 0.3) is 21.7 Å². The highest BCUT2D eigenvalue weighted by Crippen LogP contribution is 2.39. The zero-order chi connectivity index (χ0) is 17.1. The van der Waals surface area contributed by atoms with Gasteiger partial charge in [-0.05, 0) is 29.8 Å². The normalized spacial score (nSPS) is 10.5. The van der Waals surface area contributed by atoms with Crippen molar-refractivity contribution >= 4 is 28.1 Å². The Morgan fingerprint density at radius 2 is 1.71 bits per heavy atom. The van der Waals surface area contributed by atoms with Crippen molar-refractivity contribution in [2.45, 2.75) is 6.92 Å². The van der Waals surface area contributed by atoms with Crippen molar-refractivity contribution in [3.05, 3.63) is 48.8 Å². The molecular formula is C18H18N4OS. The lowest BCUT2D eigenvalue weighted by atomic mass is 10.1. The van der Waals surface area contributed by atoms with Crippen molar-refractivity contribution in [1.82, 2.24) is 9.97 Å². The summed E-state index contributed by atoms with van der Waals surface area (Å²) >= 11 is 1.47. The van der Waals surface area contributed by atoms with Gasteiger partial charge in [0.1, 0.15) is 0 Å². The highest BCUT2D eigenvalue weighted by atomic mass is 32.1. The third-order valence-corrected chi connectivity index (χ3v) is 4.53. The Bertz CT molecular complexity index is 841. The molecule has 0 spiro atoms. The number of thiazole rings is 1. The second kappa shape index (κ2) is 6.80. The number of amides is 1. The summed E-state index contributed by atoms with van der Waals surface area (Å²) in [4.78, 5) is 23.1. The molecule has 5 nitrogen and oxygen atoms in total. The summed E-state index contributed by atoms with van der Waals surface area (Å²) in [6, 6.07) is 12.1. The van der Waals surface area contributed by atoms with E-state index in [2.05, 4.69) is 32.3 Å². The van der Waals surface area contributed by atoms with Crippen molar-refractivity contribution < 1.29 is 4.79 Å². The summed E-state index contributed by atoms with van der Waals surface area (Å²) in [5, 5.41) is 3.38. The largest absolute Gasteiger partial charge is 0.378 e.